The molecule has 4 heteroatoms. The van der Waals surface area contributed by atoms with Crippen LogP contribution in [0, 0.1) is 0 Å². The third-order valence-corrected chi connectivity index (χ3v) is 1.75. The van der Waals surface area contributed by atoms with Crippen LogP contribution in [0.2, 0.25) is 0 Å². The first-order valence-electron chi connectivity index (χ1n) is 3.59. The molecule has 62 valence electrons. The van der Waals surface area contributed by atoms with Crippen LogP contribution < -0.4 is 5.73 Å². The normalized spacial score (nSPS) is 10.8. The molecule has 0 radical (unpaired) electrons. The SMILES string of the molecule is NCc1onc2c(O)cccc12. The molecule has 1 aromatic carbocycles. The number of hydrogen-bond donors (Lipinski definition) is 2. The lowest BCUT2D eigenvalue weighted by atomic mass is 10.2. The summed E-state index contributed by atoms with van der Waals surface area (Å²) in [5.74, 6) is 0.719. The number of aromatic hydroxyl groups is 1. The largest absolute Gasteiger partial charge is 0.506 e. The number of phenols is 1. The number of rotatable bonds is 1. The fourth-order valence-corrected chi connectivity index (χ4v) is 1.15. The highest BCUT2D eigenvalue weighted by atomic mass is 16.5. The fraction of sp³-hybridized carbons (Fsp3) is 0.125. The molecule has 12 heavy (non-hydrogen) atoms. The molecule has 3 N–H and O–H groups in total. The summed E-state index contributed by atoms with van der Waals surface area (Å²) in [6.07, 6.45) is 0. The molecule has 0 amide bonds. The first kappa shape index (κ1) is 7.12. The molecule has 0 saturated heterocycles. The van der Waals surface area contributed by atoms with Gasteiger partial charge < -0.3 is 15.4 Å². The molecule has 0 saturated carbocycles. The van der Waals surface area contributed by atoms with Crippen molar-refractivity contribution in [2.75, 3.05) is 0 Å². The second-order valence-corrected chi connectivity index (χ2v) is 2.48. The maximum Gasteiger partial charge on any atom is 0.158 e. The predicted octanol–water partition coefficient (Wildman–Crippen LogP) is 0.992. The van der Waals surface area contributed by atoms with Gasteiger partial charge in [0, 0.05) is 5.39 Å². The molecule has 2 rings (SSSR count). The average molecular weight is 164 g/mol. The summed E-state index contributed by atoms with van der Waals surface area (Å²) in [4.78, 5) is 0. The first-order chi connectivity index (χ1) is 5.83. The van der Waals surface area contributed by atoms with Gasteiger partial charge in [-0.2, -0.15) is 0 Å². The van der Waals surface area contributed by atoms with Crippen LogP contribution in [0.25, 0.3) is 10.9 Å². The van der Waals surface area contributed by atoms with Gasteiger partial charge in [-0.3, -0.25) is 0 Å². The number of aromatic nitrogens is 1. The number of nitrogens with zero attached hydrogens (tertiary/aromatic N) is 1. The molecule has 1 heterocycles. The Bertz CT molecular complexity index is 408. The van der Waals surface area contributed by atoms with Gasteiger partial charge in [0.2, 0.25) is 0 Å². The summed E-state index contributed by atoms with van der Waals surface area (Å²) in [5, 5.41) is 13.8. The zero-order valence-electron chi connectivity index (χ0n) is 6.32. The van der Waals surface area contributed by atoms with Crippen LogP contribution in [0.1, 0.15) is 5.76 Å². The minimum atomic E-state index is 0.121. The molecule has 0 unspecified atom stereocenters. The third kappa shape index (κ3) is 0.853. The van der Waals surface area contributed by atoms with Crippen molar-refractivity contribution in [2.24, 2.45) is 5.73 Å². The van der Waals surface area contributed by atoms with Crippen LogP contribution in [0.5, 0.6) is 5.75 Å². The standard InChI is InChI=1S/C8H8N2O2/c9-4-7-5-2-1-3-6(11)8(5)10-12-7/h1-3,11H,4,9H2. The van der Waals surface area contributed by atoms with Crippen molar-refractivity contribution in [1.82, 2.24) is 5.16 Å². The molecule has 4 nitrogen and oxygen atoms in total. The summed E-state index contributed by atoms with van der Waals surface area (Å²) in [6, 6.07) is 5.10. The maximum absolute atomic E-state index is 9.32. The van der Waals surface area contributed by atoms with Crippen LogP contribution >= 0.6 is 0 Å². The topological polar surface area (TPSA) is 72.3 Å². The molecule has 0 bridgehead atoms. The van der Waals surface area contributed by atoms with Crippen LogP contribution in [-0.4, -0.2) is 10.3 Å². The Hall–Kier alpha value is -1.55. The van der Waals surface area contributed by atoms with E-state index in [1.807, 2.05) is 6.07 Å². The van der Waals surface area contributed by atoms with E-state index < -0.39 is 0 Å². The third-order valence-electron chi connectivity index (χ3n) is 1.75. The fourth-order valence-electron chi connectivity index (χ4n) is 1.15. The molecule has 0 spiro atoms. The lowest BCUT2D eigenvalue weighted by Crippen LogP contribution is -1.93. The quantitative estimate of drug-likeness (QED) is 0.659. The van der Waals surface area contributed by atoms with Gasteiger partial charge in [-0.25, -0.2) is 0 Å². The van der Waals surface area contributed by atoms with Crippen LogP contribution in [0.15, 0.2) is 22.7 Å². The Balaban J connectivity index is 2.80. The minimum Gasteiger partial charge on any atom is -0.506 e. The van der Waals surface area contributed by atoms with E-state index in [9.17, 15) is 5.11 Å². The number of benzene rings is 1. The molecule has 0 atom stereocenters. The Morgan fingerprint density at radius 1 is 1.50 bits per heavy atom. The van der Waals surface area contributed by atoms with Gasteiger partial charge in [-0.15, -0.1) is 0 Å². The summed E-state index contributed by atoms with van der Waals surface area (Å²) in [6.45, 7) is 0.292. The summed E-state index contributed by atoms with van der Waals surface area (Å²) >= 11 is 0. The zero-order valence-corrected chi connectivity index (χ0v) is 6.32. The monoisotopic (exact) mass is 164 g/mol. The molecule has 0 fully saturated rings. The Morgan fingerprint density at radius 2 is 2.33 bits per heavy atom. The van der Waals surface area contributed by atoms with E-state index in [0.29, 0.717) is 17.8 Å². The smallest absolute Gasteiger partial charge is 0.158 e. The first-order valence-corrected chi connectivity index (χ1v) is 3.59. The Labute approximate surface area is 68.6 Å². The second-order valence-electron chi connectivity index (χ2n) is 2.48. The van der Waals surface area contributed by atoms with E-state index in [4.69, 9.17) is 10.3 Å². The van der Waals surface area contributed by atoms with Crippen LogP contribution in [-0.2, 0) is 6.54 Å². The van der Waals surface area contributed by atoms with Crippen molar-refractivity contribution in [3.05, 3.63) is 24.0 Å². The maximum atomic E-state index is 9.32. The highest BCUT2D eigenvalue weighted by Gasteiger charge is 2.08. The molecule has 0 aliphatic rings. The van der Waals surface area contributed by atoms with Gasteiger partial charge in [0.25, 0.3) is 0 Å². The lowest BCUT2D eigenvalue weighted by molar-refractivity contribution is 0.389. The number of fused-ring (bicyclic) bond motifs is 1. The van der Waals surface area contributed by atoms with E-state index in [2.05, 4.69) is 5.16 Å². The average Bonchev–Trinajstić information content (AvgIpc) is 2.49. The Morgan fingerprint density at radius 3 is 3.08 bits per heavy atom. The van der Waals surface area contributed by atoms with E-state index in [1.54, 1.807) is 12.1 Å². The summed E-state index contributed by atoms with van der Waals surface area (Å²) in [7, 11) is 0. The van der Waals surface area contributed by atoms with Crippen LogP contribution in [0.4, 0.5) is 0 Å². The van der Waals surface area contributed by atoms with Gasteiger partial charge in [-0.1, -0.05) is 11.2 Å². The molecule has 2 aromatic rings. The van der Waals surface area contributed by atoms with E-state index in [-0.39, 0.29) is 5.75 Å². The van der Waals surface area contributed by atoms with E-state index in [0.717, 1.165) is 5.39 Å². The van der Waals surface area contributed by atoms with Gasteiger partial charge in [0.1, 0.15) is 5.75 Å². The van der Waals surface area contributed by atoms with Gasteiger partial charge in [0.05, 0.1) is 6.54 Å². The zero-order chi connectivity index (χ0) is 8.55. The van der Waals surface area contributed by atoms with Crippen molar-refractivity contribution >= 4 is 10.9 Å². The highest BCUT2D eigenvalue weighted by Crippen LogP contribution is 2.25. The summed E-state index contributed by atoms with van der Waals surface area (Å²) in [5.41, 5.74) is 5.87. The Kier molecular flexibility index (Phi) is 1.48. The minimum absolute atomic E-state index is 0.121. The molecule has 0 aliphatic heterocycles. The molecule has 1 aromatic heterocycles. The van der Waals surface area contributed by atoms with Crippen molar-refractivity contribution in [1.29, 1.82) is 0 Å². The number of phenolic OH excluding ortho intramolecular Hbond substituents is 1. The van der Waals surface area contributed by atoms with Crippen molar-refractivity contribution in [3.8, 4) is 5.75 Å². The predicted molar refractivity (Wildman–Crippen MR) is 43.6 cm³/mol. The summed E-state index contributed by atoms with van der Waals surface area (Å²) < 4.78 is 4.91. The van der Waals surface area contributed by atoms with Gasteiger partial charge >= 0.3 is 0 Å². The molecular formula is C8H8N2O2. The second kappa shape index (κ2) is 2.49. The van der Waals surface area contributed by atoms with Crippen molar-refractivity contribution in [3.63, 3.8) is 0 Å². The van der Waals surface area contributed by atoms with Gasteiger partial charge in [-0.05, 0) is 12.1 Å². The van der Waals surface area contributed by atoms with E-state index in [1.165, 1.54) is 0 Å². The molecule has 0 aliphatic carbocycles. The van der Waals surface area contributed by atoms with Gasteiger partial charge in [0.15, 0.2) is 11.3 Å². The van der Waals surface area contributed by atoms with Crippen molar-refractivity contribution in [2.45, 2.75) is 6.54 Å². The van der Waals surface area contributed by atoms with E-state index >= 15 is 0 Å². The lowest BCUT2D eigenvalue weighted by Gasteiger charge is -1.90. The number of nitrogens with two attached hydrogens (primary N) is 1. The van der Waals surface area contributed by atoms with Crippen LogP contribution in [0.3, 0.4) is 0 Å². The highest BCUT2D eigenvalue weighted by molar-refractivity contribution is 5.85. The number of hydrogen-bond acceptors (Lipinski definition) is 4. The van der Waals surface area contributed by atoms with Crippen molar-refractivity contribution < 1.29 is 9.63 Å². The molecular weight excluding hydrogens is 156 g/mol.